The fraction of sp³-hybridized carbons (Fsp3) is 0.562. The van der Waals surface area contributed by atoms with Gasteiger partial charge in [-0.05, 0) is 25.3 Å². The van der Waals surface area contributed by atoms with E-state index in [4.69, 9.17) is 9.84 Å². The van der Waals surface area contributed by atoms with Gasteiger partial charge in [-0.25, -0.2) is 4.79 Å². The molecule has 8 nitrogen and oxygen atoms in total. The maximum atomic E-state index is 12.5. The Balaban J connectivity index is 1.94. The topological polar surface area (TPSA) is 104 Å². The zero-order valence-electron chi connectivity index (χ0n) is 13.8. The van der Waals surface area contributed by atoms with E-state index in [1.807, 2.05) is 0 Å². The predicted molar refractivity (Wildman–Crippen MR) is 90.2 cm³/mol. The number of nitrogens with zero attached hydrogens (tertiary/aromatic N) is 2. The normalized spacial score (nSPS) is 17.4. The lowest BCUT2D eigenvalue weighted by atomic mass is 9.97. The first kappa shape index (κ1) is 18.0. The van der Waals surface area contributed by atoms with Crippen molar-refractivity contribution in [3.05, 3.63) is 18.5 Å². The fourth-order valence-corrected chi connectivity index (χ4v) is 2.68. The number of methoxy groups -OCH3 is 1. The number of hydrogen-bond acceptors (Lipinski definition) is 5. The van der Waals surface area contributed by atoms with Crippen LogP contribution in [0, 0.1) is 5.92 Å². The molecule has 3 N–H and O–H groups in total. The van der Waals surface area contributed by atoms with Crippen molar-refractivity contribution in [3.63, 3.8) is 0 Å². The molecule has 0 spiro atoms. The highest BCUT2D eigenvalue weighted by Gasteiger charge is 2.28. The summed E-state index contributed by atoms with van der Waals surface area (Å²) < 4.78 is 5.01. The van der Waals surface area contributed by atoms with Crippen LogP contribution in [0.4, 0.5) is 16.2 Å². The molecule has 0 aliphatic carbocycles. The van der Waals surface area contributed by atoms with Crippen molar-refractivity contribution in [1.29, 1.82) is 0 Å². The molecule has 1 aromatic heterocycles. The van der Waals surface area contributed by atoms with Crippen LogP contribution >= 0.6 is 0 Å². The number of carbonyl (C=O) groups excluding carboxylic acids is 1. The van der Waals surface area contributed by atoms with Crippen molar-refractivity contribution in [2.75, 3.05) is 44.0 Å². The van der Waals surface area contributed by atoms with Crippen molar-refractivity contribution >= 4 is 23.4 Å². The number of carbonyl (C=O) groups is 2. The number of likely N-dealkylation sites (tertiary alicyclic amines) is 1. The zero-order chi connectivity index (χ0) is 17.4. The van der Waals surface area contributed by atoms with Gasteiger partial charge in [-0.1, -0.05) is 0 Å². The van der Waals surface area contributed by atoms with Gasteiger partial charge in [0, 0.05) is 39.5 Å². The minimum atomic E-state index is -0.975. The van der Waals surface area contributed by atoms with Crippen molar-refractivity contribution in [2.45, 2.75) is 19.3 Å². The molecule has 0 aromatic carbocycles. The fourth-order valence-electron chi connectivity index (χ4n) is 2.68. The first-order chi connectivity index (χ1) is 11.6. The Morgan fingerprint density at radius 2 is 2.29 bits per heavy atom. The van der Waals surface area contributed by atoms with Crippen molar-refractivity contribution in [2.24, 2.45) is 5.92 Å². The van der Waals surface area contributed by atoms with Gasteiger partial charge in [-0.2, -0.15) is 0 Å². The van der Waals surface area contributed by atoms with Gasteiger partial charge < -0.3 is 25.4 Å². The number of pyridine rings is 1. The molecular weight excluding hydrogens is 312 g/mol. The van der Waals surface area contributed by atoms with Crippen LogP contribution in [0.2, 0.25) is 0 Å². The second-order valence-electron chi connectivity index (χ2n) is 5.75. The molecule has 2 amide bonds. The van der Waals surface area contributed by atoms with E-state index in [1.54, 1.807) is 25.6 Å². The highest BCUT2D eigenvalue weighted by Crippen LogP contribution is 2.23. The third-order valence-electron chi connectivity index (χ3n) is 3.98. The molecule has 132 valence electrons. The van der Waals surface area contributed by atoms with E-state index in [1.165, 1.54) is 4.90 Å². The number of amides is 2. The van der Waals surface area contributed by atoms with E-state index in [0.29, 0.717) is 38.2 Å². The highest BCUT2D eigenvalue weighted by molar-refractivity contribution is 5.95. The van der Waals surface area contributed by atoms with Crippen molar-refractivity contribution in [1.82, 2.24) is 9.88 Å². The molecular formula is C16H24N4O4. The third-order valence-corrected chi connectivity index (χ3v) is 3.98. The maximum Gasteiger partial charge on any atom is 0.407 e. The predicted octanol–water partition coefficient (Wildman–Crippen LogP) is 1.86. The SMILES string of the molecule is COCCCNc1cnccc1NC(=O)C1CCCN(C(=O)O)C1. The van der Waals surface area contributed by atoms with Crippen LogP contribution in [0.3, 0.4) is 0 Å². The second-order valence-corrected chi connectivity index (χ2v) is 5.75. The van der Waals surface area contributed by atoms with Crippen LogP contribution in [-0.4, -0.2) is 60.3 Å². The van der Waals surface area contributed by atoms with Gasteiger partial charge in [0.15, 0.2) is 0 Å². The summed E-state index contributed by atoms with van der Waals surface area (Å²) in [6, 6.07) is 1.73. The molecule has 1 saturated heterocycles. The number of aromatic nitrogens is 1. The molecule has 0 radical (unpaired) electrons. The number of ether oxygens (including phenoxy) is 1. The van der Waals surface area contributed by atoms with Crippen LogP contribution in [0.25, 0.3) is 0 Å². The summed E-state index contributed by atoms with van der Waals surface area (Å²) in [6.07, 6.45) is 4.53. The summed E-state index contributed by atoms with van der Waals surface area (Å²) in [5.74, 6) is -0.489. The van der Waals surface area contributed by atoms with Crippen LogP contribution in [-0.2, 0) is 9.53 Å². The van der Waals surface area contributed by atoms with E-state index in [9.17, 15) is 9.59 Å². The van der Waals surface area contributed by atoms with Crippen LogP contribution < -0.4 is 10.6 Å². The van der Waals surface area contributed by atoms with E-state index < -0.39 is 6.09 Å². The molecule has 1 aromatic rings. The summed E-state index contributed by atoms with van der Waals surface area (Å²) in [5.41, 5.74) is 1.40. The summed E-state index contributed by atoms with van der Waals surface area (Å²) in [5, 5.41) is 15.2. The molecule has 1 aliphatic heterocycles. The van der Waals surface area contributed by atoms with E-state index in [2.05, 4.69) is 15.6 Å². The molecule has 8 heteroatoms. The Labute approximate surface area is 141 Å². The molecule has 1 atom stereocenters. The van der Waals surface area contributed by atoms with Crippen LogP contribution in [0.1, 0.15) is 19.3 Å². The third kappa shape index (κ3) is 5.09. The summed E-state index contributed by atoms with van der Waals surface area (Å²) >= 11 is 0. The Hall–Kier alpha value is -2.35. The van der Waals surface area contributed by atoms with Gasteiger partial charge in [0.25, 0.3) is 0 Å². The number of hydrogen-bond donors (Lipinski definition) is 3. The molecule has 2 rings (SSSR count). The summed E-state index contributed by atoms with van der Waals surface area (Å²) in [7, 11) is 1.65. The monoisotopic (exact) mass is 336 g/mol. The quantitative estimate of drug-likeness (QED) is 0.657. The minimum Gasteiger partial charge on any atom is -0.465 e. The Kier molecular flexibility index (Phi) is 6.80. The first-order valence-electron chi connectivity index (χ1n) is 8.07. The standard InChI is InChI=1S/C16H24N4O4/c1-24-9-3-6-18-14-10-17-7-5-13(14)19-15(21)12-4-2-8-20(11-12)16(22)23/h5,7,10,12,18H,2-4,6,8-9,11H2,1H3,(H,22,23)(H,17,19,21). The second kappa shape index (κ2) is 9.07. The van der Waals surface area contributed by atoms with E-state index in [-0.39, 0.29) is 18.4 Å². The lowest BCUT2D eigenvalue weighted by Gasteiger charge is -2.30. The van der Waals surface area contributed by atoms with Crippen LogP contribution in [0.15, 0.2) is 18.5 Å². The maximum absolute atomic E-state index is 12.5. The van der Waals surface area contributed by atoms with E-state index in [0.717, 1.165) is 12.1 Å². The average Bonchev–Trinajstić information content (AvgIpc) is 2.60. The highest BCUT2D eigenvalue weighted by atomic mass is 16.5. The molecule has 0 bridgehead atoms. The summed E-state index contributed by atoms with van der Waals surface area (Å²) in [4.78, 5) is 28.9. The van der Waals surface area contributed by atoms with Crippen molar-refractivity contribution in [3.8, 4) is 0 Å². The van der Waals surface area contributed by atoms with Crippen molar-refractivity contribution < 1.29 is 19.4 Å². The number of anilines is 2. The molecule has 24 heavy (non-hydrogen) atoms. The largest absolute Gasteiger partial charge is 0.465 e. The minimum absolute atomic E-state index is 0.160. The molecule has 2 heterocycles. The number of nitrogens with one attached hydrogen (secondary N) is 2. The van der Waals surface area contributed by atoms with Gasteiger partial charge in [0.05, 0.1) is 23.5 Å². The van der Waals surface area contributed by atoms with Gasteiger partial charge in [-0.3, -0.25) is 9.78 Å². The van der Waals surface area contributed by atoms with E-state index >= 15 is 0 Å². The first-order valence-corrected chi connectivity index (χ1v) is 8.07. The van der Waals surface area contributed by atoms with Gasteiger partial charge in [-0.15, -0.1) is 0 Å². The van der Waals surface area contributed by atoms with Crippen LogP contribution in [0.5, 0.6) is 0 Å². The Morgan fingerprint density at radius 1 is 1.46 bits per heavy atom. The van der Waals surface area contributed by atoms with Gasteiger partial charge >= 0.3 is 6.09 Å². The number of carboxylic acid groups (broad SMARTS) is 1. The Morgan fingerprint density at radius 3 is 3.04 bits per heavy atom. The molecule has 1 aliphatic rings. The lowest BCUT2D eigenvalue weighted by Crippen LogP contribution is -2.43. The average molecular weight is 336 g/mol. The molecule has 0 saturated carbocycles. The number of rotatable bonds is 7. The molecule has 1 fully saturated rings. The van der Waals surface area contributed by atoms with Gasteiger partial charge in [0.2, 0.25) is 5.91 Å². The number of piperidine rings is 1. The smallest absolute Gasteiger partial charge is 0.407 e. The lowest BCUT2D eigenvalue weighted by molar-refractivity contribution is -0.121. The summed E-state index contributed by atoms with van der Waals surface area (Å²) in [6.45, 7) is 2.09. The zero-order valence-corrected chi connectivity index (χ0v) is 13.8. The molecule has 1 unspecified atom stereocenters. The Bertz CT molecular complexity index is 567. The van der Waals surface area contributed by atoms with Gasteiger partial charge in [0.1, 0.15) is 0 Å².